The summed E-state index contributed by atoms with van der Waals surface area (Å²) in [6.07, 6.45) is 0. The van der Waals surface area contributed by atoms with Crippen molar-refractivity contribution in [1.82, 2.24) is 0 Å². The first-order valence-electron chi connectivity index (χ1n) is 5.29. The van der Waals surface area contributed by atoms with Crippen LogP contribution in [-0.2, 0) is 0 Å². The lowest BCUT2D eigenvalue weighted by Crippen LogP contribution is -2.13. The highest BCUT2D eigenvalue weighted by molar-refractivity contribution is 9.10. The summed E-state index contributed by atoms with van der Waals surface area (Å²) < 4.78 is 0.648. The molecule has 3 nitrogen and oxygen atoms in total. The van der Waals surface area contributed by atoms with Gasteiger partial charge in [0.25, 0.3) is 5.91 Å². The largest absolute Gasteiger partial charge is 0.399 e. The smallest absolute Gasteiger partial charge is 0.256 e. The van der Waals surface area contributed by atoms with Crippen molar-refractivity contribution in [1.29, 1.82) is 0 Å². The lowest BCUT2D eigenvalue weighted by Gasteiger charge is -2.09. The molecule has 0 atom stereocenters. The number of benzene rings is 2. The second-order valence-electron chi connectivity index (χ2n) is 3.82. The SMILES string of the molecule is Nc1ccc(Cl)c(NC(=O)c2cc(Cl)ccc2Br)c1. The maximum atomic E-state index is 12.2. The van der Waals surface area contributed by atoms with Crippen molar-refractivity contribution in [2.75, 3.05) is 11.1 Å². The first-order valence-corrected chi connectivity index (χ1v) is 6.83. The minimum Gasteiger partial charge on any atom is -0.399 e. The number of halogens is 3. The number of nitrogens with two attached hydrogens (primary N) is 1. The van der Waals surface area contributed by atoms with Crippen LogP contribution in [0.2, 0.25) is 10.0 Å². The van der Waals surface area contributed by atoms with Gasteiger partial charge in [0, 0.05) is 15.2 Å². The molecule has 0 aliphatic carbocycles. The lowest BCUT2D eigenvalue weighted by atomic mass is 10.2. The summed E-state index contributed by atoms with van der Waals surface area (Å²) in [5.74, 6) is -0.318. The van der Waals surface area contributed by atoms with E-state index in [0.29, 0.717) is 31.5 Å². The molecule has 1 amide bonds. The zero-order valence-electron chi connectivity index (χ0n) is 9.58. The van der Waals surface area contributed by atoms with Crippen LogP contribution in [0.25, 0.3) is 0 Å². The number of anilines is 2. The van der Waals surface area contributed by atoms with Gasteiger partial charge >= 0.3 is 0 Å². The fourth-order valence-corrected chi connectivity index (χ4v) is 2.26. The van der Waals surface area contributed by atoms with Crippen molar-refractivity contribution in [3.05, 3.63) is 56.5 Å². The van der Waals surface area contributed by atoms with Gasteiger partial charge in [-0.25, -0.2) is 0 Å². The Morgan fingerprint density at radius 1 is 1.16 bits per heavy atom. The highest BCUT2D eigenvalue weighted by Crippen LogP contribution is 2.26. The Kier molecular flexibility index (Phi) is 4.34. The Morgan fingerprint density at radius 2 is 1.89 bits per heavy atom. The van der Waals surface area contributed by atoms with E-state index in [9.17, 15) is 4.79 Å². The third kappa shape index (κ3) is 3.41. The molecule has 6 heteroatoms. The molecule has 0 spiro atoms. The van der Waals surface area contributed by atoms with Gasteiger partial charge in [-0.3, -0.25) is 4.79 Å². The van der Waals surface area contributed by atoms with Crippen LogP contribution in [0.4, 0.5) is 11.4 Å². The first-order chi connectivity index (χ1) is 8.97. The molecule has 0 aromatic heterocycles. The van der Waals surface area contributed by atoms with Gasteiger partial charge in [0.15, 0.2) is 0 Å². The molecule has 0 aliphatic heterocycles. The summed E-state index contributed by atoms with van der Waals surface area (Å²) in [5.41, 5.74) is 7.05. The summed E-state index contributed by atoms with van der Waals surface area (Å²) in [7, 11) is 0. The van der Waals surface area contributed by atoms with Crippen molar-refractivity contribution in [2.24, 2.45) is 0 Å². The molecule has 2 rings (SSSR count). The second-order valence-corrected chi connectivity index (χ2v) is 5.52. The predicted molar refractivity (Wildman–Crippen MR) is 83.0 cm³/mol. The third-order valence-electron chi connectivity index (χ3n) is 2.41. The highest BCUT2D eigenvalue weighted by atomic mass is 79.9. The van der Waals surface area contributed by atoms with E-state index in [2.05, 4.69) is 21.2 Å². The molecular formula is C13H9BrCl2N2O. The van der Waals surface area contributed by atoms with Gasteiger partial charge in [-0.15, -0.1) is 0 Å². The van der Waals surface area contributed by atoms with E-state index >= 15 is 0 Å². The zero-order chi connectivity index (χ0) is 14.0. The maximum Gasteiger partial charge on any atom is 0.256 e. The Labute approximate surface area is 128 Å². The number of rotatable bonds is 2. The van der Waals surface area contributed by atoms with E-state index in [1.165, 1.54) is 0 Å². The summed E-state index contributed by atoms with van der Waals surface area (Å²) in [6.45, 7) is 0. The number of nitrogens with one attached hydrogen (secondary N) is 1. The van der Waals surface area contributed by atoms with E-state index in [0.717, 1.165) is 0 Å². The molecular weight excluding hydrogens is 351 g/mol. The molecule has 0 saturated heterocycles. The van der Waals surface area contributed by atoms with Gasteiger partial charge in [-0.2, -0.15) is 0 Å². The topological polar surface area (TPSA) is 55.1 Å². The standard InChI is InChI=1S/C13H9BrCl2N2O/c14-10-3-1-7(15)5-9(10)13(19)18-12-6-8(17)2-4-11(12)16/h1-6H,17H2,(H,18,19). The lowest BCUT2D eigenvalue weighted by molar-refractivity contribution is 0.102. The number of hydrogen-bond acceptors (Lipinski definition) is 2. The monoisotopic (exact) mass is 358 g/mol. The van der Waals surface area contributed by atoms with Crippen molar-refractivity contribution in [3.63, 3.8) is 0 Å². The van der Waals surface area contributed by atoms with Crippen LogP contribution < -0.4 is 11.1 Å². The third-order valence-corrected chi connectivity index (χ3v) is 3.67. The van der Waals surface area contributed by atoms with E-state index in [-0.39, 0.29) is 5.91 Å². The van der Waals surface area contributed by atoms with Crippen LogP contribution in [0.1, 0.15) is 10.4 Å². The fourth-order valence-electron chi connectivity index (χ4n) is 1.50. The Hall–Kier alpha value is -1.23. The van der Waals surface area contributed by atoms with Crippen LogP contribution in [-0.4, -0.2) is 5.91 Å². The molecule has 2 aromatic rings. The average Bonchev–Trinajstić information content (AvgIpc) is 2.36. The average molecular weight is 360 g/mol. The van der Waals surface area contributed by atoms with Gasteiger partial charge in [-0.05, 0) is 52.3 Å². The Morgan fingerprint density at radius 3 is 2.63 bits per heavy atom. The van der Waals surface area contributed by atoms with Crippen molar-refractivity contribution in [3.8, 4) is 0 Å². The molecule has 0 heterocycles. The molecule has 2 aromatic carbocycles. The molecule has 0 radical (unpaired) electrons. The molecule has 0 bridgehead atoms. The van der Waals surface area contributed by atoms with Gasteiger partial charge in [0.05, 0.1) is 16.3 Å². The molecule has 0 aliphatic rings. The van der Waals surface area contributed by atoms with Gasteiger partial charge in [-0.1, -0.05) is 23.2 Å². The Bertz CT molecular complexity index is 647. The highest BCUT2D eigenvalue weighted by Gasteiger charge is 2.12. The summed E-state index contributed by atoms with van der Waals surface area (Å²) in [4.78, 5) is 12.2. The fraction of sp³-hybridized carbons (Fsp3) is 0. The Balaban J connectivity index is 2.30. The molecule has 3 N–H and O–H groups in total. The van der Waals surface area contributed by atoms with E-state index in [4.69, 9.17) is 28.9 Å². The summed E-state index contributed by atoms with van der Waals surface area (Å²) in [5, 5.41) is 3.59. The quantitative estimate of drug-likeness (QED) is 0.770. The van der Waals surface area contributed by atoms with E-state index < -0.39 is 0 Å². The first kappa shape index (κ1) is 14.2. The van der Waals surface area contributed by atoms with Crippen LogP contribution in [0.3, 0.4) is 0 Å². The van der Waals surface area contributed by atoms with Crippen LogP contribution in [0, 0.1) is 0 Å². The number of hydrogen-bond donors (Lipinski definition) is 2. The summed E-state index contributed by atoms with van der Waals surface area (Å²) >= 11 is 15.2. The number of carbonyl (C=O) groups is 1. The number of nitrogen functional groups attached to an aromatic ring is 1. The van der Waals surface area contributed by atoms with E-state index in [1.807, 2.05) is 0 Å². The van der Waals surface area contributed by atoms with Gasteiger partial charge < -0.3 is 11.1 Å². The number of amides is 1. The summed E-state index contributed by atoms with van der Waals surface area (Å²) in [6, 6.07) is 9.85. The molecule has 0 unspecified atom stereocenters. The minimum absolute atomic E-state index is 0.318. The van der Waals surface area contributed by atoms with Crippen molar-refractivity contribution >= 4 is 56.4 Å². The molecule has 19 heavy (non-hydrogen) atoms. The predicted octanol–water partition coefficient (Wildman–Crippen LogP) is 4.59. The van der Waals surface area contributed by atoms with E-state index in [1.54, 1.807) is 36.4 Å². The minimum atomic E-state index is -0.318. The van der Waals surface area contributed by atoms with Crippen LogP contribution in [0.15, 0.2) is 40.9 Å². The normalized spacial score (nSPS) is 10.3. The molecule has 0 fully saturated rings. The van der Waals surface area contributed by atoms with Gasteiger partial charge in [0.2, 0.25) is 0 Å². The molecule has 98 valence electrons. The molecule has 0 saturated carbocycles. The van der Waals surface area contributed by atoms with Crippen LogP contribution in [0.5, 0.6) is 0 Å². The second kappa shape index (κ2) is 5.82. The zero-order valence-corrected chi connectivity index (χ0v) is 12.7. The van der Waals surface area contributed by atoms with Gasteiger partial charge in [0.1, 0.15) is 0 Å². The van der Waals surface area contributed by atoms with Crippen molar-refractivity contribution < 1.29 is 4.79 Å². The van der Waals surface area contributed by atoms with Crippen molar-refractivity contribution in [2.45, 2.75) is 0 Å². The van der Waals surface area contributed by atoms with Crippen LogP contribution >= 0.6 is 39.1 Å². The number of carbonyl (C=O) groups excluding carboxylic acids is 1. The maximum absolute atomic E-state index is 12.2.